The van der Waals surface area contributed by atoms with Gasteiger partial charge in [0.15, 0.2) is 0 Å². The SMILES string of the molecule is C=CC(C=C(C)CC)C(C)C. The number of hydrogen-bond donors (Lipinski definition) is 0. The summed E-state index contributed by atoms with van der Waals surface area (Å²) in [6.45, 7) is 12.6. The van der Waals surface area contributed by atoms with Gasteiger partial charge in [0.2, 0.25) is 0 Å². The fraction of sp³-hybridized carbons (Fsp3) is 0.636. The molecule has 0 rings (SSSR count). The molecule has 0 aromatic rings. The van der Waals surface area contributed by atoms with Gasteiger partial charge in [-0.1, -0.05) is 38.5 Å². The van der Waals surface area contributed by atoms with E-state index in [1.807, 2.05) is 6.08 Å². The summed E-state index contributed by atoms with van der Waals surface area (Å²) < 4.78 is 0. The van der Waals surface area contributed by atoms with Gasteiger partial charge in [0.1, 0.15) is 0 Å². The molecule has 0 aliphatic rings. The Morgan fingerprint density at radius 2 is 2.00 bits per heavy atom. The highest BCUT2D eigenvalue weighted by Gasteiger charge is 2.04. The van der Waals surface area contributed by atoms with E-state index in [9.17, 15) is 0 Å². The summed E-state index contributed by atoms with van der Waals surface area (Å²) in [5.41, 5.74) is 1.46. The number of allylic oxidation sites excluding steroid dienone is 3. The second-order valence-corrected chi connectivity index (χ2v) is 3.42. The molecule has 1 atom stereocenters. The van der Waals surface area contributed by atoms with E-state index in [0.717, 1.165) is 6.42 Å². The molecule has 11 heavy (non-hydrogen) atoms. The first kappa shape index (κ1) is 10.5. The Bertz CT molecular complexity index is 140. The molecule has 0 spiro atoms. The summed E-state index contributed by atoms with van der Waals surface area (Å²) in [6.07, 6.45) is 5.50. The van der Waals surface area contributed by atoms with E-state index in [1.165, 1.54) is 5.57 Å². The Morgan fingerprint density at radius 3 is 2.27 bits per heavy atom. The van der Waals surface area contributed by atoms with Crippen molar-refractivity contribution in [1.29, 1.82) is 0 Å². The van der Waals surface area contributed by atoms with Crippen LogP contribution in [0, 0.1) is 11.8 Å². The third-order valence-electron chi connectivity index (χ3n) is 2.08. The van der Waals surface area contributed by atoms with Gasteiger partial charge in [-0.3, -0.25) is 0 Å². The van der Waals surface area contributed by atoms with E-state index in [0.29, 0.717) is 11.8 Å². The zero-order chi connectivity index (χ0) is 8.85. The molecule has 0 N–H and O–H groups in total. The van der Waals surface area contributed by atoms with Crippen LogP contribution in [0.25, 0.3) is 0 Å². The van der Waals surface area contributed by atoms with Crippen molar-refractivity contribution in [3.05, 3.63) is 24.3 Å². The number of hydrogen-bond acceptors (Lipinski definition) is 0. The molecule has 0 heterocycles. The first-order valence-corrected chi connectivity index (χ1v) is 4.41. The molecule has 0 saturated heterocycles. The molecule has 0 aliphatic carbocycles. The highest BCUT2D eigenvalue weighted by atomic mass is 14.1. The van der Waals surface area contributed by atoms with Crippen molar-refractivity contribution in [2.24, 2.45) is 11.8 Å². The van der Waals surface area contributed by atoms with Crippen LogP contribution in [0.2, 0.25) is 0 Å². The quantitative estimate of drug-likeness (QED) is 0.537. The molecular weight excluding hydrogens is 132 g/mol. The van der Waals surface area contributed by atoms with Gasteiger partial charge in [-0.15, -0.1) is 6.58 Å². The molecule has 0 radical (unpaired) electrons. The molecule has 0 nitrogen and oxygen atoms in total. The van der Waals surface area contributed by atoms with Crippen LogP contribution in [0.15, 0.2) is 24.3 Å². The van der Waals surface area contributed by atoms with Crippen LogP contribution in [0.3, 0.4) is 0 Å². The van der Waals surface area contributed by atoms with E-state index in [1.54, 1.807) is 0 Å². The number of rotatable bonds is 4. The minimum atomic E-state index is 0.551. The highest BCUT2D eigenvalue weighted by molar-refractivity contribution is 5.06. The van der Waals surface area contributed by atoms with Crippen LogP contribution in [0.4, 0.5) is 0 Å². The van der Waals surface area contributed by atoms with E-state index in [-0.39, 0.29) is 0 Å². The third kappa shape index (κ3) is 4.02. The normalized spacial score (nSPS) is 15.2. The Labute approximate surface area is 71.0 Å². The molecule has 0 fully saturated rings. The largest absolute Gasteiger partial charge is 0.102 e. The summed E-state index contributed by atoms with van der Waals surface area (Å²) in [5, 5.41) is 0. The molecule has 0 aliphatic heterocycles. The average Bonchev–Trinajstić information content (AvgIpc) is 1.99. The average molecular weight is 152 g/mol. The second kappa shape index (κ2) is 5.17. The van der Waals surface area contributed by atoms with Gasteiger partial charge >= 0.3 is 0 Å². The predicted octanol–water partition coefficient (Wildman–Crippen LogP) is 3.80. The lowest BCUT2D eigenvalue weighted by Gasteiger charge is -2.12. The molecule has 0 saturated carbocycles. The van der Waals surface area contributed by atoms with E-state index in [4.69, 9.17) is 0 Å². The van der Waals surface area contributed by atoms with Crippen molar-refractivity contribution in [2.75, 3.05) is 0 Å². The molecule has 1 unspecified atom stereocenters. The van der Waals surface area contributed by atoms with Gasteiger partial charge in [-0.25, -0.2) is 0 Å². The highest BCUT2D eigenvalue weighted by Crippen LogP contribution is 2.16. The van der Waals surface area contributed by atoms with Crippen molar-refractivity contribution in [3.8, 4) is 0 Å². The first-order chi connectivity index (χ1) is 5.11. The van der Waals surface area contributed by atoms with Crippen LogP contribution in [-0.2, 0) is 0 Å². The second-order valence-electron chi connectivity index (χ2n) is 3.42. The summed E-state index contributed by atoms with van der Waals surface area (Å²) in [4.78, 5) is 0. The molecule has 0 bridgehead atoms. The third-order valence-corrected chi connectivity index (χ3v) is 2.08. The fourth-order valence-electron chi connectivity index (χ4n) is 0.979. The van der Waals surface area contributed by atoms with Crippen molar-refractivity contribution < 1.29 is 0 Å². The zero-order valence-corrected chi connectivity index (χ0v) is 8.22. The Kier molecular flexibility index (Phi) is 4.93. The fourth-order valence-corrected chi connectivity index (χ4v) is 0.979. The Balaban J connectivity index is 4.17. The van der Waals surface area contributed by atoms with Crippen LogP contribution in [-0.4, -0.2) is 0 Å². The lowest BCUT2D eigenvalue weighted by atomic mass is 9.93. The Hall–Kier alpha value is -0.520. The van der Waals surface area contributed by atoms with Gasteiger partial charge in [0, 0.05) is 0 Å². The smallest absolute Gasteiger partial charge is 0.00306 e. The predicted molar refractivity (Wildman–Crippen MR) is 52.6 cm³/mol. The minimum absolute atomic E-state index is 0.551. The monoisotopic (exact) mass is 152 g/mol. The van der Waals surface area contributed by atoms with E-state index >= 15 is 0 Å². The summed E-state index contributed by atoms with van der Waals surface area (Å²) >= 11 is 0. The van der Waals surface area contributed by atoms with E-state index in [2.05, 4.69) is 40.3 Å². The maximum Gasteiger partial charge on any atom is -0.00306 e. The van der Waals surface area contributed by atoms with Crippen LogP contribution >= 0.6 is 0 Å². The molecule has 0 amide bonds. The van der Waals surface area contributed by atoms with Crippen LogP contribution in [0.1, 0.15) is 34.1 Å². The van der Waals surface area contributed by atoms with Crippen molar-refractivity contribution in [1.82, 2.24) is 0 Å². The van der Waals surface area contributed by atoms with Gasteiger partial charge in [-0.05, 0) is 25.2 Å². The maximum atomic E-state index is 3.83. The first-order valence-electron chi connectivity index (χ1n) is 4.41. The summed E-state index contributed by atoms with van der Waals surface area (Å²) in [6, 6.07) is 0. The minimum Gasteiger partial charge on any atom is -0.102 e. The van der Waals surface area contributed by atoms with E-state index < -0.39 is 0 Å². The molecule has 0 heteroatoms. The molecular formula is C11H20. The summed E-state index contributed by atoms with van der Waals surface area (Å²) in [5.74, 6) is 1.23. The molecule has 0 aromatic carbocycles. The lowest BCUT2D eigenvalue weighted by Crippen LogP contribution is -2.01. The van der Waals surface area contributed by atoms with Gasteiger partial charge < -0.3 is 0 Å². The van der Waals surface area contributed by atoms with Crippen molar-refractivity contribution in [2.45, 2.75) is 34.1 Å². The van der Waals surface area contributed by atoms with Crippen LogP contribution in [0.5, 0.6) is 0 Å². The molecule has 64 valence electrons. The maximum absolute atomic E-state index is 3.83. The summed E-state index contributed by atoms with van der Waals surface area (Å²) in [7, 11) is 0. The zero-order valence-electron chi connectivity index (χ0n) is 8.22. The van der Waals surface area contributed by atoms with Gasteiger partial charge in [-0.2, -0.15) is 0 Å². The van der Waals surface area contributed by atoms with Crippen molar-refractivity contribution >= 4 is 0 Å². The lowest BCUT2D eigenvalue weighted by molar-refractivity contribution is 0.547. The van der Waals surface area contributed by atoms with Crippen molar-refractivity contribution in [3.63, 3.8) is 0 Å². The van der Waals surface area contributed by atoms with Gasteiger partial charge in [0.25, 0.3) is 0 Å². The Morgan fingerprint density at radius 1 is 1.45 bits per heavy atom. The molecule has 0 aromatic heterocycles. The topological polar surface area (TPSA) is 0 Å². The van der Waals surface area contributed by atoms with Crippen LogP contribution < -0.4 is 0 Å². The standard InChI is InChI=1S/C11H20/c1-6-10(5)8-11(7-2)9(3)4/h7-9,11H,2,6H2,1,3-5H3. The van der Waals surface area contributed by atoms with Gasteiger partial charge in [0.05, 0.1) is 0 Å².